The molecule has 74 valence electrons. The van der Waals surface area contributed by atoms with Crippen molar-refractivity contribution in [1.29, 1.82) is 0 Å². The quantitative estimate of drug-likeness (QED) is 0.796. The molecule has 1 aromatic carbocycles. The van der Waals surface area contributed by atoms with Gasteiger partial charge in [-0.25, -0.2) is 0 Å². The molecular formula is C11H15N3. The van der Waals surface area contributed by atoms with Crippen molar-refractivity contribution in [1.82, 2.24) is 15.1 Å². The van der Waals surface area contributed by atoms with Gasteiger partial charge >= 0.3 is 0 Å². The summed E-state index contributed by atoms with van der Waals surface area (Å²) in [5.41, 5.74) is 2.32. The van der Waals surface area contributed by atoms with Crippen molar-refractivity contribution >= 4 is 10.9 Å². The summed E-state index contributed by atoms with van der Waals surface area (Å²) in [5.74, 6) is 0. The Kier molecular flexibility index (Phi) is 2.50. The first-order valence-corrected chi connectivity index (χ1v) is 4.94. The zero-order valence-corrected chi connectivity index (χ0v) is 8.62. The number of nitrogens with one attached hydrogen (secondary N) is 1. The van der Waals surface area contributed by atoms with E-state index in [4.69, 9.17) is 0 Å². The molecule has 0 aliphatic heterocycles. The number of hydrogen-bond acceptors (Lipinski definition) is 2. The number of para-hydroxylation sites is 1. The van der Waals surface area contributed by atoms with Crippen molar-refractivity contribution < 1.29 is 0 Å². The number of nitrogens with zero attached hydrogens (tertiary/aromatic N) is 2. The summed E-state index contributed by atoms with van der Waals surface area (Å²) < 4.78 is 1.93. The van der Waals surface area contributed by atoms with Crippen LogP contribution in [-0.2, 0) is 13.6 Å². The maximum Gasteiger partial charge on any atom is 0.0841 e. The second-order valence-corrected chi connectivity index (χ2v) is 3.37. The van der Waals surface area contributed by atoms with Gasteiger partial charge in [-0.05, 0) is 12.6 Å². The van der Waals surface area contributed by atoms with Gasteiger partial charge in [0.2, 0.25) is 0 Å². The highest BCUT2D eigenvalue weighted by Gasteiger charge is 2.05. The van der Waals surface area contributed by atoms with Gasteiger partial charge in [-0.15, -0.1) is 0 Å². The van der Waals surface area contributed by atoms with Crippen LogP contribution >= 0.6 is 0 Å². The molecule has 1 heterocycles. The third-order valence-corrected chi connectivity index (χ3v) is 2.38. The van der Waals surface area contributed by atoms with E-state index < -0.39 is 0 Å². The Morgan fingerprint density at radius 2 is 2.14 bits per heavy atom. The van der Waals surface area contributed by atoms with Crippen LogP contribution in [0.15, 0.2) is 24.3 Å². The molecule has 0 spiro atoms. The highest BCUT2D eigenvalue weighted by molar-refractivity contribution is 5.81. The third kappa shape index (κ3) is 1.51. The van der Waals surface area contributed by atoms with Gasteiger partial charge in [0.1, 0.15) is 0 Å². The zero-order chi connectivity index (χ0) is 9.97. The van der Waals surface area contributed by atoms with Crippen LogP contribution in [0.1, 0.15) is 12.6 Å². The average Bonchev–Trinajstić information content (AvgIpc) is 2.54. The van der Waals surface area contributed by atoms with E-state index in [2.05, 4.69) is 35.5 Å². The van der Waals surface area contributed by atoms with Gasteiger partial charge in [0.05, 0.1) is 11.2 Å². The largest absolute Gasteiger partial charge is 0.311 e. The zero-order valence-electron chi connectivity index (χ0n) is 8.62. The fourth-order valence-electron chi connectivity index (χ4n) is 1.66. The van der Waals surface area contributed by atoms with Gasteiger partial charge < -0.3 is 5.32 Å². The molecule has 0 bridgehead atoms. The summed E-state index contributed by atoms with van der Waals surface area (Å²) in [4.78, 5) is 0. The van der Waals surface area contributed by atoms with Gasteiger partial charge in [0.15, 0.2) is 0 Å². The molecule has 3 nitrogen and oxygen atoms in total. The lowest BCUT2D eigenvalue weighted by molar-refractivity contribution is 0.684. The standard InChI is InChI=1S/C11H15N3/c1-3-12-8-10-9-6-4-5-7-11(9)14(2)13-10/h4-7,12H,3,8H2,1-2H3. The molecular weight excluding hydrogens is 174 g/mol. The molecule has 0 radical (unpaired) electrons. The Hall–Kier alpha value is -1.35. The predicted molar refractivity (Wildman–Crippen MR) is 58.1 cm³/mol. The van der Waals surface area contributed by atoms with Crippen molar-refractivity contribution in [3.05, 3.63) is 30.0 Å². The molecule has 1 aromatic heterocycles. The summed E-state index contributed by atoms with van der Waals surface area (Å²) in [6.07, 6.45) is 0. The predicted octanol–water partition coefficient (Wildman–Crippen LogP) is 1.68. The van der Waals surface area contributed by atoms with Crippen LogP contribution in [0.2, 0.25) is 0 Å². The Labute approximate surface area is 83.7 Å². The van der Waals surface area contributed by atoms with Crippen LogP contribution in [0.25, 0.3) is 10.9 Å². The molecule has 0 saturated heterocycles. The smallest absolute Gasteiger partial charge is 0.0841 e. The Balaban J connectivity index is 2.44. The molecule has 0 unspecified atom stereocenters. The minimum atomic E-state index is 0.845. The molecule has 1 N–H and O–H groups in total. The maximum absolute atomic E-state index is 4.48. The molecule has 0 atom stereocenters. The molecule has 3 heteroatoms. The number of rotatable bonds is 3. The first-order valence-electron chi connectivity index (χ1n) is 4.94. The molecule has 2 rings (SSSR count). The summed E-state index contributed by atoms with van der Waals surface area (Å²) in [6.45, 7) is 3.92. The normalized spacial score (nSPS) is 11.0. The lowest BCUT2D eigenvalue weighted by atomic mass is 10.2. The first kappa shape index (κ1) is 9.21. The average molecular weight is 189 g/mol. The minimum Gasteiger partial charge on any atom is -0.311 e. The molecule has 0 aliphatic carbocycles. The van der Waals surface area contributed by atoms with E-state index in [1.54, 1.807) is 0 Å². The second-order valence-electron chi connectivity index (χ2n) is 3.37. The van der Waals surface area contributed by atoms with E-state index in [1.807, 2.05) is 17.8 Å². The molecule has 0 amide bonds. The number of aryl methyl sites for hydroxylation is 1. The van der Waals surface area contributed by atoms with Gasteiger partial charge in [0, 0.05) is 19.0 Å². The number of hydrogen-bond donors (Lipinski definition) is 1. The van der Waals surface area contributed by atoms with Crippen LogP contribution in [0.4, 0.5) is 0 Å². The number of fused-ring (bicyclic) bond motifs is 1. The summed E-state index contributed by atoms with van der Waals surface area (Å²) in [7, 11) is 1.98. The highest BCUT2D eigenvalue weighted by Crippen LogP contribution is 2.16. The van der Waals surface area contributed by atoms with E-state index >= 15 is 0 Å². The van der Waals surface area contributed by atoms with E-state index in [0.717, 1.165) is 18.8 Å². The number of aromatic nitrogens is 2. The molecule has 2 aromatic rings. The van der Waals surface area contributed by atoms with Crippen LogP contribution < -0.4 is 5.32 Å². The van der Waals surface area contributed by atoms with Crippen molar-refractivity contribution in [3.63, 3.8) is 0 Å². The van der Waals surface area contributed by atoms with Crippen LogP contribution in [0.3, 0.4) is 0 Å². The van der Waals surface area contributed by atoms with Gasteiger partial charge in [-0.3, -0.25) is 4.68 Å². The van der Waals surface area contributed by atoms with E-state index in [-0.39, 0.29) is 0 Å². The second kappa shape index (κ2) is 3.80. The van der Waals surface area contributed by atoms with Gasteiger partial charge in [0.25, 0.3) is 0 Å². The lowest BCUT2D eigenvalue weighted by Gasteiger charge is -1.96. The summed E-state index contributed by atoms with van der Waals surface area (Å²) >= 11 is 0. The maximum atomic E-state index is 4.48. The molecule has 0 aliphatic rings. The molecule has 0 fully saturated rings. The lowest BCUT2D eigenvalue weighted by Crippen LogP contribution is -2.12. The minimum absolute atomic E-state index is 0.845. The van der Waals surface area contributed by atoms with E-state index in [0.29, 0.717) is 0 Å². The molecule has 0 saturated carbocycles. The highest BCUT2D eigenvalue weighted by atomic mass is 15.3. The number of benzene rings is 1. The van der Waals surface area contributed by atoms with E-state index in [1.165, 1.54) is 10.9 Å². The van der Waals surface area contributed by atoms with E-state index in [9.17, 15) is 0 Å². The SMILES string of the molecule is CCNCc1nn(C)c2ccccc12. The van der Waals surface area contributed by atoms with Crippen molar-refractivity contribution in [2.45, 2.75) is 13.5 Å². The first-order chi connectivity index (χ1) is 6.83. The van der Waals surface area contributed by atoms with Crippen LogP contribution in [0, 0.1) is 0 Å². The van der Waals surface area contributed by atoms with Crippen molar-refractivity contribution in [2.24, 2.45) is 7.05 Å². The Bertz CT molecular complexity index is 431. The van der Waals surface area contributed by atoms with Gasteiger partial charge in [-0.2, -0.15) is 5.10 Å². The van der Waals surface area contributed by atoms with Crippen LogP contribution in [-0.4, -0.2) is 16.3 Å². The fourth-order valence-corrected chi connectivity index (χ4v) is 1.66. The van der Waals surface area contributed by atoms with Crippen molar-refractivity contribution in [2.75, 3.05) is 6.54 Å². The molecule has 14 heavy (non-hydrogen) atoms. The Morgan fingerprint density at radius 3 is 2.93 bits per heavy atom. The summed E-state index contributed by atoms with van der Waals surface area (Å²) in [6, 6.07) is 8.31. The fraction of sp³-hybridized carbons (Fsp3) is 0.364. The Morgan fingerprint density at radius 1 is 1.36 bits per heavy atom. The van der Waals surface area contributed by atoms with Crippen molar-refractivity contribution in [3.8, 4) is 0 Å². The topological polar surface area (TPSA) is 29.9 Å². The monoisotopic (exact) mass is 189 g/mol. The van der Waals surface area contributed by atoms with Crippen LogP contribution in [0.5, 0.6) is 0 Å². The summed E-state index contributed by atoms with van der Waals surface area (Å²) in [5, 5.41) is 9.02. The van der Waals surface area contributed by atoms with Gasteiger partial charge in [-0.1, -0.05) is 25.1 Å². The third-order valence-electron chi connectivity index (χ3n) is 2.38.